The summed E-state index contributed by atoms with van der Waals surface area (Å²) in [6.07, 6.45) is 2.33. The van der Waals surface area contributed by atoms with Crippen molar-refractivity contribution >= 4 is 23.3 Å². The monoisotopic (exact) mass is 367 g/mol. The van der Waals surface area contributed by atoms with Gasteiger partial charge < -0.3 is 19.9 Å². The number of hydrogen-bond donors (Lipinski definition) is 1. The van der Waals surface area contributed by atoms with Gasteiger partial charge in [-0.05, 0) is 56.3 Å². The van der Waals surface area contributed by atoms with Crippen LogP contribution in [0.1, 0.15) is 24.0 Å². The molecule has 1 heterocycles. The number of methoxy groups -OCH3 is 1. The third kappa shape index (κ3) is 5.87. The summed E-state index contributed by atoms with van der Waals surface area (Å²) in [5.41, 5.74) is 2.77. The summed E-state index contributed by atoms with van der Waals surface area (Å²) in [5, 5.41) is 3.55. The van der Waals surface area contributed by atoms with Crippen molar-refractivity contribution in [3.63, 3.8) is 0 Å². The predicted octanol–water partition coefficient (Wildman–Crippen LogP) is 3.78. The molecule has 1 N–H and O–H groups in total. The van der Waals surface area contributed by atoms with E-state index in [0.29, 0.717) is 16.6 Å². The molecule has 0 aliphatic carbocycles. The van der Waals surface area contributed by atoms with Crippen molar-refractivity contribution in [2.45, 2.75) is 26.7 Å². The molecule has 140 valence electrons. The molecular weight excluding hydrogens is 338 g/mol. The number of amides is 2. The van der Waals surface area contributed by atoms with Gasteiger partial charge in [0.2, 0.25) is 0 Å². The molecule has 0 radical (unpaired) electrons. The second-order valence-electron chi connectivity index (χ2n) is 7.05. The van der Waals surface area contributed by atoms with Gasteiger partial charge in [0.1, 0.15) is 0 Å². The predicted molar refractivity (Wildman–Crippen MR) is 104 cm³/mol. The fraction of sp³-hybridized carbons (Fsp3) is 0.632. The second-order valence-corrected chi connectivity index (χ2v) is 7.46. The van der Waals surface area contributed by atoms with Gasteiger partial charge in [-0.15, -0.1) is 0 Å². The van der Waals surface area contributed by atoms with Gasteiger partial charge in [0.25, 0.3) is 0 Å². The van der Waals surface area contributed by atoms with Gasteiger partial charge in [0.15, 0.2) is 0 Å². The van der Waals surface area contributed by atoms with Gasteiger partial charge in [-0.3, -0.25) is 0 Å². The van der Waals surface area contributed by atoms with Gasteiger partial charge >= 0.3 is 6.03 Å². The number of nitrogens with zero attached hydrogens (tertiary/aromatic N) is 2. The fourth-order valence-electron chi connectivity index (χ4n) is 3.47. The number of ether oxygens (including phenoxy) is 1. The molecule has 1 atom stereocenters. The minimum absolute atomic E-state index is 0.108. The number of aryl methyl sites for hydroxylation is 2. The summed E-state index contributed by atoms with van der Waals surface area (Å²) in [4.78, 5) is 16.7. The van der Waals surface area contributed by atoms with E-state index in [-0.39, 0.29) is 6.03 Å². The van der Waals surface area contributed by atoms with Gasteiger partial charge in [0.05, 0.1) is 17.3 Å². The summed E-state index contributed by atoms with van der Waals surface area (Å²) in [6.45, 7) is 8.56. The van der Waals surface area contributed by atoms with E-state index < -0.39 is 0 Å². The van der Waals surface area contributed by atoms with Gasteiger partial charge in [-0.2, -0.15) is 0 Å². The molecule has 0 aromatic heterocycles. The van der Waals surface area contributed by atoms with Crippen LogP contribution in [0.2, 0.25) is 5.02 Å². The van der Waals surface area contributed by atoms with Crippen molar-refractivity contribution in [1.82, 2.24) is 9.80 Å². The first-order valence-corrected chi connectivity index (χ1v) is 9.28. The summed E-state index contributed by atoms with van der Waals surface area (Å²) in [5.74, 6) is 0.496. The van der Waals surface area contributed by atoms with Crippen molar-refractivity contribution in [2.24, 2.45) is 5.92 Å². The standard InChI is InChI=1S/C19H30ClN3O2/c1-14-10-15(2)18(17(20)11-14)21-19(24)22(3)12-16-6-5-7-23(13-16)8-9-25-4/h10-11,16H,5-9,12-13H2,1-4H3,(H,21,24). The van der Waals surface area contributed by atoms with E-state index in [4.69, 9.17) is 16.3 Å². The van der Waals surface area contributed by atoms with Crippen LogP contribution < -0.4 is 5.32 Å². The highest BCUT2D eigenvalue weighted by atomic mass is 35.5. The summed E-state index contributed by atoms with van der Waals surface area (Å²) in [6, 6.07) is 3.79. The Kier molecular flexibility index (Phi) is 7.54. The van der Waals surface area contributed by atoms with E-state index in [2.05, 4.69) is 10.2 Å². The van der Waals surface area contributed by atoms with Gasteiger partial charge in [-0.1, -0.05) is 17.7 Å². The van der Waals surface area contributed by atoms with Crippen LogP contribution in [-0.2, 0) is 4.74 Å². The van der Waals surface area contributed by atoms with E-state index in [1.54, 1.807) is 12.0 Å². The molecule has 0 saturated carbocycles. The number of likely N-dealkylation sites (tertiary alicyclic amines) is 1. The minimum atomic E-state index is -0.108. The van der Waals surface area contributed by atoms with Crippen LogP contribution in [-0.4, -0.2) is 62.8 Å². The normalized spacial score (nSPS) is 18.2. The highest BCUT2D eigenvalue weighted by Gasteiger charge is 2.23. The van der Waals surface area contributed by atoms with Crippen LogP contribution in [0.4, 0.5) is 10.5 Å². The van der Waals surface area contributed by atoms with E-state index >= 15 is 0 Å². The topological polar surface area (TPSA) is 44.8 Å². The Hall–Kier alpha value is -1.30. The molecule has 25 heavy (non-hydrogen) atoms. The number of carbonyl (C=O) groups excluding carboxylic acids is 1. The van der Waals surface area contributed by atoms with Crippen molar-refractivity contribution in [3.8, 4) is 0 Å². The maximum atomic E-state index is 12.6. The van der Waals surface area contributed by atoms with Crippen LogP contribution in [0.15, 0.2) is 12.1 Å². The van der Waals surface area contributed by atoms with E-state index in [9.17, 15) is 4.79 Å². The molecule has 1 unspecified atom stereocenters. The molecule has 1 aromatic carbocycles. The maximum Gasteiger partial charge on any atom is 0.321 e. The number of rotatable bonds is 6. The molecule has 1 fully saturated rings. The number of halogens is 1. The van der Waals surface area contributed by atoms with Crippen LogP contribution in [0.3, 0.4) is 0 Å². The molecule has 1 aromatic rings. The lowest BCUT2D eigenvalue weighted by atomic mass is 9.97. The SMILES string of the molecule is COCCN1CCCC(CN(C)C(=O)Nc2c(C)cc(C)cc2Cl)C1. The Morgan fingerprint density at radius 1 is 1.44 bits per heavy atom. The molecule has 0 spiro atoms. The molecular formula is C19H30ClN3O2. The smallest absolute Gasteiger partial charge is 0.321 e. The quantitative estimate of drug-likeness (QED) is 0.832. The number of hydrogen-bond acceptors (Lipinski definition) is 3. The lowest BCUT2D eigenvalue weighted by molar-refractivity contribution is 0.106. The Morgan fingerprint density at radius 3 is 2.88 bits per heavy atom. The largest absolute Gasteiger partial charge is 0.383 e. The van der Waals surface area contributed by atoms with E-state index in [0.717, 1.165) is 50.3 Å². The number of benzene rings is 1. The maximum absolute atomic E-state index is 12.6. The molecule has 0 bridgehead atoms. The number of nitrogens with one attached hydrogen (secondary N) is 1. The molecule has 2 rings (SSSR count). The second kappa shape index (κ2) is 9.41. The average molecular weight is 368 g/mol. The molecule has 2 amide bonds. The first-order valence-electron chi connectivity index (χ1n) is 8.91. The molecule has 6 heteroatoms. The van der Waals surface area contributed by atoms with Crippen LogP contribution in [0, 0.1) is 19.8 Å². The summed E-state index contributed by atoms with van der Waals surface area (Å²) < 4.78 is 5.17. The van der Waals surface area contributed by atoms with E-state index in [1.165, 1.54) is 6.42 Å². The number of piperidine rings is 1. The Bertz CT molecular complexity index is 571. The fourth-order valence-corrected chi connectivity index (χ4v) is 3.84. The number of anilines is 1. The Labute approximate surface area is 156 Å². The molecule has 5 nitrogen and oxygen atoms in total. The highest BCUT2D eigenvalue weighted by molar-refractivity contribution is 6.34. The van der Waals surface area contributed by atoms with Gasteiger partial charge in [-0.25, -0.2) is 4.79 Å². The number of carbonyl (C=O) groups is 1. The van der Waals surface area contributed by atoms with Crippen molar-refractivity contribution < 1.29 is 9.53 Å². The third-order valence-electron chi connectivity index (χ3n) is 4.76. The van der Waals surface area contributed by atoms with E-state index in [1.807, 2.05) is 33.0 Å². The minimum Gasteiger partial charge on any atom is -0.383 e. The zero-order chi connectivity index (χ0) is 18.4. The zero-order valence-corrected chi connectivity index (χ0v) is 16.5. The van der Waals surface area contributed by atoms with Crippen molar-refractivity contribution in [1.29, 1.82) is 0 Å². The molecule has 1 aliphatic rings. The first kappa shape index (κ1) is 20.0. The average Bonchev–Trinajstić information content (AvgIpc) is 2.56. The Balaban J connectivity index is 1.90. The summed E-state index contributed by atoms with van der Waals surface area (Å²) in [7, 11) is 3.58. The number of urea groups is 1. The zero-order valence-electron chi connectivity index (χ0n) is 15.8. The first-order chi connectivity index (χ1) is 11.9. The van der Waals surface area contributed by atoms with Gasteiger partial charge in [0, 0.05) is 33.8 Å². The third-order valence-corrected chi connectivity index (χ3v) is 5.06. The summed E-state index contributed by atoms with van der Waals surface area (Å²) >= 11 is 6.29. The van der Waals surface area contributed by atoms with Crippen molar-refractivity contribution in [3.05, 3.63) is 28.3 Å². The van der Waals surface area contributed by atoms with Crippen LogP contribution in [0.25, 0.3) is 0 Å². The Morgan fingerprint density at radius 2 is 2.20 bits per heavy atom. The van der Waals surface area contributed by atoms with Crippen LogP contribution >= 0.6 is 11.6 Å². The van der Waals surface area contributed by atoms with Crippen LogP contribution in [0.5, 0.6) is 0 Å². The lowest BCUT2D eigenvalue weighted by Gasteiger charge is -2.34. The highest BCUT2D eigenvalue weighted by Crippen LogP contribution is 2.27. The van der Waals surface area contributed by atoms with Crippen molar-refractivity contribution in [2.75, 3.05) is 52.3 Å². The lowest BCUT2D eigenvalue weighted by Crippen LogP contribution is -2.43. The molecule has 1 aliphatic heterocycles. The molecule has 1 saturated heterocycles.